The number of benzene rings is 3. The van der Waals surface area contributed by atoms with Gasteiger partial charge in [0.1, 0.15) is 5.60 Å². The van der Waals surface area contributed by atoms with Gasteiger partial charge in [0.15, 0.2) is 0 Å². The molecule has 1 fully saturated rings. The Morgan fingerprint density at radius 3 is 1.85 bits per heavy atom. The Hall–Kier alpha value is -4.01. The zero-order valence-electron chi connectivity index (χ0n) is 27.3. The maximum atomic E-state index is 13.1. The van der Waals surface area contributed by atoms with Crippen molar-refractivity contribution < 1.29 is 27.5 Å². The molecule has 0 atom stereocenters. The average molecular weight is 638 g/mol. The minimum absolute atomic E-state index is 0.185. The van der Waals surface area contributed by atoms with E-state index in [0.717, 1.165) is 72.9 Å². The van der Waals surface area contributed by atoms with Gasteiger partial charge in [-0.2, -0.15) is 13.2 Å². The van der Waals surface area contributed by atoms with Gasteiger partial charge in [-0.15, -0.1) is 0 Å². The zero-order chi connectivity index (χ0) is 33.3. The third-order valence-electron chi connectivity index (χ3n) is 8.14. The summed E-state index contributed by atoms with van der Waals surface area (Å²) in [4.78, 5) is 29.8. The van der Waals surface area contributed by atoms with Crippen LogP contribution >= 0.6 is 0 Å². The molecule has 0 unspecified atom stereocenters. The fraction of sp³-hybridized carbons (Fsp3) is 0.459. The van der Waals surface area contributed by atoms with Crippen molar-refractivity contribution in [2.45, 2.75) is 104 Å². The molecule has 248 valence electrons. The van der Waals surface area contributed by atoms with Gasteiger partial charge in [0.25, 0.3) is 0 Å². The number of urea groups is 1. The standard InChI is InChI=1S/C37H46F3N3O3/c1-5-6-24-42(34(44)41-32-22-20-31(21-23-32)37(38,39)40)25-27-12-16-29(17-13-27)30-18-14-28(15-19-30)26-43(33-10-8-7-9-11-33)35(45)46-36(2,3)4/h12-23,33H,5-11,24-26H2,1-4H3,(H,41,44). The number of rotatable bonds is 10. The van der Waals surface area contributed by atoms with E-state index >= 15 is 0 Å². The highest BCUT2D eigenvalue weighted by Gasteiger charge is 2.31. The lowest BCUT2D eigenvalue weighted by atomic mass is 9.94. The van der Waals surface area contributed by atoms with Gasteiger partial charge in [-0.1, -0.05) is 81.1 Å². The molecular weight excluding hydrogens is 591 g/mol. The van der Waals surface area contributed by atoms with Crippen LogP contribution in [0.1, 0.15) is 89.3 Å². The summed E-state index contributed by atoms with van der Waals surface area (Å²) in [7, 11) is 0. The van der Waals surface area contributed by atoms with E-state index in [1.54, 1.807) is 4.90 Å². The first kappa shape index (κ1) is 34.9. The number of unbranched alkanes of at least 4 members (excludes halogenated alkanes) is 1. The summed E-state index contributed by atoms with van der Waals surface area (Å²) < 4.78 is 44.5. The largest absolute Gasteiger partial charge is 0.444 e. The first-order valence-electron chi connectivity index (χ1n) is 16.2. The molecule has 1 aliphatic rings. The second-order valence-corrected chi connectivity index (χ2v) is 13.1. The summed E-state index contributed by atoms with van der Waals surface area (Å²) in [5.41, 5.74) is 3.06. The second-order valence-electron chi connectivity index (χ2n) is 13.1. The molecule has 1 N–H and O–H groups in total. The highest BCUT2D eigenvalue weighted by Crippen LogP contribution is 2.30. The quantitative estimate of drug-likeness (QED) is 0.241. The number of hydrogen-bond donors (Lipinski definition) is 1. The molecule has 3 amide bonds. The SMILES string of the molecule is CCCCN(Cc1ccc(-c2ccc(CN(C(=O)OC(C)(C)C)C3CCCCC3)cc2)cc1)C(=O)Nc1ccc(C(F)(F)F)cc1. The van der Waals surface area contributed by atoms with Crippen LogP contribution in [0.3, 0.4) is 0 Å². The lowest BCUT2D eigenvalue weighted by Gasteiger charge is -2.35. The molecule has 0 saturated heterocycles. The van der Waals surface area contributed by atoms with Gasteiger partial charge in [0.05, 0.1) is 5.56 Å². The van der Waals surface area contributed by atoms with Crippen molar-refractivity contribution >= 4 is 17.8 Å². The molecule has 0 radical (unpaired) electrons. The van der Waals surface area contributed by atoms with E-state index in [2.05, 4.69) is 29.6 Å². The third kappa shape index (κ3) is 10.3. The van der Waals surface area contributed by atoms with E-state index in [4.69, 9.17) is 4.74 Å². The van der Waals surface area contributed by atoms with Crippen LogP contribution in [0.25, 0.3) is 11.1 Å². The Bertz CT molecular complexity index is 1410. The topological polar surface area (TPSA) is 61.9 Å². The van der Waals surface area contributed by atoms with Crippen LogP contribution in [0.4, 0.5) is 28.4 Å². The van der Waals surface area contributed by atoms with Crippen LogP contribution in [-0.4, -0.2) is 40.1 Å². The Morgan fingerprint density at radius 2 is 1.35 bits per heavy atom. The smallest absolute Gasteiger partial charge is 0.416 e. The van der Waals surface area contributed by atoms with Gasteiger partial charge in [-0.3, -0.25) is 0 Å². The molecule has 4 rings (SSSR count). The van der Waals surface area contributed by atoms with E-state index in [1.165, 1.54) is 18.6 Å². The number of alkyl halides is 3. The Kier molecular flexibility index (Phi) is 11.8. The van der Waals surface area contributed by atoms with Crippen LogP contribution in [0.2, 0.25) is 0 Å². The average Bonchev–Trinajstić information content (AvgIpc) is 3.02. The fourth-order valence-corrected chi connectivity index (χ4v) is 5.62. The highest BCUT2D eigenvalue weighted by atomic mass is 19.4. The summed E-state index contributed by atoms with van der Waals surface area (Å²) in [6, 6.07) is 20.5. The van der Waals surface area contributed by atoms with Crippen molar-refractivity contribution in [3.63, 3.8) is 0 Å². The summed E-state index contributed by atoms with van der Waals surface area (Å²) >= 11 is 0. The van der Waals surface area contributed by atoms with Crippen LogP contribution in [0.15, 0.2) is 72.8 Å². The number of halogens is 3. The lowest BCUT2D eigenvalue weighted by Crippen LogP contribution is -2.43. The molecule has 3 aromatic rings. The molecule has 6 nitrogen and oxygen atoms in total. The van der Waals surface area contributed by atoms with Crippen molar-refractivity contribution in [1.29, 1.82) is 0 Å². The Balaban J connectivity index is 1.40. The molecular formula is C37H46F3N3O3. The molecule has 0 heterocycles. The van der Waals surface area contributed by atoms with Crippen molar-refractivity contribution in [3.8, 4) is 11.1 Å². The number of hydrogen-bond acceptors (Lipinski definition) is 3. The monoisotopic (exact) mass is 637 g/mol. The van der Waals surface area contributed by atoms with Gasteiger partial charge < -0.3 is 19.9 Å². The zero-order valence-corrected chi connectivity index (χ0v) is 27.3. The molecule has 0 aliphatic heterocycles. The fourth-order valence-electron chi connectivity index (χ4n) is 5.62. The minimum Gasteiger partial charge on any atom is -0.444 e. The Labute approximate surface area is 270 Å². The second kappa shape index (κ2) is 15.5. The predicted molar refractivity (Wildman–Crippen MR) is 176 cm³/mol. The molecule has 0 aromatic heterocycles. The van der Waals surface area contributed by atoms with Crippen molar-refractivity contribution in [2.75, 3.05) is 11.9 Å². The van der Waals surface area contributed by atoms with Gasteiger partial charge in [-0.25, -0.2) is 9.59 Å². The Morgan fingerprint density at radius 1 is 0.804 bits per heavy atom. The summed E-state index contributed by atoms with van der Waals surface area (Å²) in [6.45, 7) is 9.11. The van der Waals surface area contributed by atoms with E-state index in [9.17, 15) is 22.8 Å². The van der Waals surface area contributed by atoms with E-state index < -0.39 is 17.3 Å². The number of carbonyl (C=O) groups excluding carboxylic acids is 2. The van der Waals surface area contributed by atoms with E-state index in [1.807, 2.05) is 56.9 Å². The third-order valence-corrected chi connectivity index (χ3v) is 8.14. The molecule has 3 aromatic carbocycles. The van der Waals surface area contributed by atoms with Crippen molar-refractivity contribution in [2.24, 2.45) is 0 Å². The lowest BCUT2D eigenvalue weighted by molar-refractivity contribution is -0.137. The number of anilines is 1. The molecule has 46 heavy (non-hydrogen) atoms. The maximum absolute atomic E-state index is 13.1. The highest BCUT2D eigenvalue weighted by molar-refractivity contribution is 5.89. The molecule has 0 bridgehead atoms. The number of amides is 3. The molecule has 1 saturated carbocycles. The number of nitrogens with zero attached hydrogens (tertiary/aromatic N) is 2. The van der Waals surface area contributed by atoms with Crippen molar-refractivity contribution in [1.82, 2.24) is 9.80 Å². The van der Waals surface area contributed by atoms with Gasteiger partial charge in [-0.05, 0) is 86.6 Å². The molecule has 1 aliphatic carbocycles. The first-order chi connectivity index (χ1) is 21.8. The van der Waals surface area contributed by atoms with Gasteiger partial charge in [0, 0.05) is 31.4 Å². The molecule has 9 heteroatoms. The van der Waals surface area contributed by atoms with Crippen LogP contribution in [0.5, 0.6) is 0 Å². The van der Waals surface area contributed by atoms with Crippen LogP contribution < -0.4 is 5.32 Å². The van der Waals surface area contributed by atoms with Gasteiger partial charge in [0.2, 0.25) is 0 Å². The number of carbonyl (C=O) groups is 2. The summed E-state index contributed by atoms with van der Waals surface area (Å²) in [6.07, 6.45) is 2.46. The van der Waals surface area contributed by atoms with E-state index in [-0.39, 0.29) is 18.2 Å². The number of nitrogens with one attached hydrogen (secondary N) is 1. The normalized spacial score (nSPS) is 14.1. The minimum atomic E-state index is -4.43. The van der Waals surface area contributed by atoms with Gasteiger partial charge >= 0.3 is 18.3 Å². The maximum Gasteiger partial charge on any atom is 0.416 e. The number of ether oxygens (including phenoxy) is 1. The summed E-state index contributed by atoms with van der Waals surface area (Å²) in [5.74, 6) is 0. The van der Waals surface area contributed by atoms with Crippen LogP contribution in [0, 0.1) is 0 Å². The van der Waals surface area contributed by atoms with E-state index in [0.29, 0.717) is 25.3 Å². The molecule has 0 spiro atoms. The first-order valence-corrected chi connectivity index (χ1v) is 16.2. The predicted octanol–water partition coefficient (Wildman–Crippen LogP) is 10.3. The van der Waals surface area contributed by atoms with Crippen molar-refractivity contribution in [3.05, 3.63) is 89.5 Å². The summed E-state index contributed by atoms with van der Waals surface area (Å²) in [5, 5.41) is 2.73. The van der Waals surface area contributed by atoms with Crippen LogP contribution in [-0.2, 0) is 24.0 Å².